The van der Waals surface area contributed by atoms with Gasteiger partial charge >= 0.3 is 5.76 Å². The number of carbonyl (C=O) groups excluding carboxylic acids is 1. The predicted octanol–water partition coefficient (Wildman–Crippen LogP) is 3.42. The lowest BCUT2D eigenvalue weighted by Gasteiger charge is -2.11. The molecule has 2 aromatic heterocycles. The third kappa shape index (κ3) is 3.24. The molecule has 9 heteroatoms. The Morgan fingerprint density at radius 1 is 1.26 bits per heavy atom. The van der Waals surface area contributed by atoms with Gasteiger partial charge in [0.2, 0.25) is 0 Å². The number of hydrogen-bond donors (Lipinski definition) is 2. The van der Waals surface area contributed by atoms with Crippen molar-refractivity contribution in [3.63, 3.8) is 0 Å². The van der Waals surface area contributed by atoms with Crippen molar-refractivity contribution in [2.24, 2.45) is 0 Å². The van der Waals surface area contributed by atoms with E-state index in [1.165, 1.54) is 30.1 Å². The summed E-state index contributed by atoms with van der Waals surface area (Å²) in [6, 6.07) is 10.6. The number of rotatable bonds is 4. The van der Waals surface area contributed by atoms with E-state index in [1.807, 2.05) is 6.26 Å². The normalized spacial score (nSPS) is 11.0. The topological polar surface area (TPSA) is 92.9 Å². The molecule has 0 fully saturated rings. The molecule has 2 heterocycles. The molecule has 0 aliphatic rings. The molecule has 0 spiro atoms. The highest BCUT2D eigenvalue weighted by molar-refractivity contribution is 7.98. The number of nitrogens with one attached hydrogen (secondary N) is 2. The number of thioether (sulfide) groups is 1. The van der Waals surface area contributed by atoms with Crippen molar-refractivity contribution in [1.82, 2.24) is 14.5 Å². The fourth-order valence-corrected chi connectivity index (χ4v) is 3.25. The Morgan fingerprint density at radius 3 is 2.78 bits per heavy atom. The zero-order chi connectivity index (χ0) is 19.0. The maximum absolute atomic E-state index is 13.2. The quantitative estimate of drug-likeness (QED) is 0.526. The van der Waals surface area contributed by atoms with Gasteiger partial charge in [0.25, 0.3) is 5.91 Å². The molecular formula is C18H13FN4O3S. The lowest BCUT2D eigenvalue weighted by Crippen LogP contribution is -2.16. The van der Waals surface area contributed by atoms with Gasteiger partial charge in [-0.25, -0.2) is 14.2 Å². The fourth-order valence-electron chi connectivity index (χ4n) is 2.70. The monoisotopic (exact) mass is 384 g/mol. The number of amides is 1. The molecule has 0 saturated carbocycles. The van der Waals surface area contributed by atoms with Crippen LogP contribution in [0, 0.1) is 5.82 Å². The summed E-state index contributed by atoms with van der Waals surface area (Å²) in [5.41, 5.74) is 2.29. The zero-order valence-electron chi connectivity index (χ0n) is 14.0. The number of aromatic amines is 1. The molecule has 27 heavy (non-hydrogen) atoms. The Labute approximate surface area is 156 Å². The first kappa shape index (κ1) is 17.1. The number of nitrogens with zero attached hydrogens (tertiary/aromatic N) is 2. The van der Waals surface area contributed by atoms with Crippen LogP contribution in [0.4, 0.5) is 10.1 Å². The molecule has 0 atom stereocenters. The molecule has 0 unspecified atom stereocenters. The Kier molecular flexibility index (Phi) is 4.28. The van der Waals surface area contributed by atoms with Crippen LogP contribution in [-0.2, 0) is 0 Å². The number of anilines is 1. The lowest BCUT2D eigenvalue weighted by molar-refractivity contribution is 0.102. The zero-order valence-corrected chi connectivity index (χ0v) is 14.8. The summed E-state index contributed by atoms with van der Waals surface area (Å²) in [4.78, 5) is 30.8. The number of halogens is 1. The van der Waals surface area contributed by atoms with E-state index in [1.54, 1.807) is 34.9 Å². The minimum absolute atomic E-state index is 0.298. The van der Waals surface area contributed by atoms with Crippen LogP contribution in [0.5, 0.6) is 0 Å². The molecule has 0 radical (unpaired) electrons. The second kappa shape index (κ2) is 6.76. The van der Waals surface area contributed by atoms with Gasteiger partial charge in [-0.1, -0.05) is 11.8 Å². The van der Waals surface area contributed by atoms with E-state index in [-0.39, 0.29) is 5.82 Å². The lowest BCUT2D eigenvalue weighted by atomic mass is 10.2. The number of carbonyl (C=O) groups is 1. The second-order valence-corrected chi connectivity index (χ2v) is 6.39. The van der Waals surface area contributed by atoms with Crippen LogP contribution in [-0.4, -0.2) is 26.7 Å². The van der Waals surface area contributed by atoms with Crippen LogP contribution in [0.3, 0.4) is 0 Å². The van der Waals surface area contributed by atoms with E-state index < -0.39 is 11.7 Å². The van der Waals surface area contributed by atoms with Crippen LogP contribution in [0.1, 0.15) is 10.5 Å². The minimum Gasteiger partial charge on any atom is -0.408 e. The van der Waals surface area contributed by atoms with Crippen molar-refractivity contribution in [2.45, 2.75) is 5.16 Å². The first-order valence-corrected chi connectivity index (χ1v) is 9.09. The van der Waals surface area contributed by atoms with Crippen LogP contribution in [0.15, 0.2) is 63.0 Å². The van der Waals surface area contributed by atoms with Gasteiger partial charge in [0, 0.05) is 11.4 Å². The maximum Gasteiger partial charge on any atom is 0.417 e. The minimum atomic E-state index is -0.563. The summed E-state index contributed by atoms with van der Waals surface area (Å²) in [7, 11) is 0. The fraction of sp³-hybridized carbons (Fsp3) is 0.0556. The van der Waals surface area contributed by atoms with Gasteiger partial charge in [0.05, 0.1) is 11.7 Å². The van der Waals surface area contributed by atoms with Crippen LogP contribution in [0.2, 0.25) is 0 Å². The highest BCUT2D eigenvalue weighted by Gasteiger charge is 2.18. The number of imidazole rings is 1. The molecule has 2 N–H and O–H groups in total. The summed E-state index contributed by atoms with van der Waals surface area (Å²) in [5.74, 6) is -1.32. The van der Waals surface area contributed by atoms with Gasteiger partial charge in [-0.3, -0.25) is 14.3 Å². The Bertz CT molecular complexity index is 1190. The van der Waals surface area contributed by atoms with E-state index in [0.717, 1.165) is 0 Å². The van der Waals surface area contributed by atoms with Crippen molar-refractivity contribution in [1.29, 1.82) is 0 Å². The average Bonchev–Trinajstić information content (AvgIpc) is 3.24. The smallest absolute Gasteiger partial charge is 0.408 e. The molecule has 0 bridgehead atoms. The highest BCUT2D eigenvalue weighted by atomic mass is 32.2. The molecular weight excluding hydrogens is 371 g/mol. The molecule has 0 aliphatic carbocycles. The van der Waals surface area contributed by atoms with E-state index in [2.05, 4.69) is 15.3 Å². The first-order chi connectivity index (χ1) is 13.0. The van der Waals surface area contributed by atoms with Gasteiger partial charge in [0.15, 0.2) is 10.7 Å². The average molecular weight is 384 g/mol. The summed E-state index contributed by atoms with van der Waals surface area (Å²) in [6.45, 7) is 0. The molecule has 1 amide bonds. The highest BCUT2D eigenvalue weighted by Crippen LogP contribution is 2.23. The number of fused-ring (bicyclic) bond motifs is 1. The van der Waals surface area contributed by atoms with Gasteiger partial charge in [-0.2, -0.15) is 0 Å². The SMILES string of the molecule is CSc1ncc(C(=O)Nc2ccc3oc(=O)[nH]c3c2)n1-c1ccc(F)cc1. The van der Waals surface area contributed by atoms with Gasteiger partial charge < -0.3 is 9.73 Å². The van der Waals surface area contributed by atoms with Crippen molar-refractivity contribution >= 4 is 34.5 Å². The van der Waals surface area contributed by atoms with E-state index >= 15 is 0 Å². The number of oxazole rings is 1. The summed E-state index contributed by atoms with van der Waals surface area (Å²) in [6.07, 6.45) is 3.30. The van der Waals surface area contributed by atoms with Crippen molar-refractivity contribution in [3.8, 4) is 5.69 Å². The van der Waals surface area contributed by atoms with Crippen LogP contribution < -0.4 is 11.1 Å². The number of aromatic nitrogens is 3. The van der Waals surface area contributed by atoms with Crippen LogP contribution in [0.25, 0.3) is 16.8 Å². The number of H-pyrrole nitrogens is 1. The Hall–Kier alpha value is -3.33. The summed E-state index contributed by atoms with van der Waals surface area (Å²) < 4.78 is 19.8. The number of benzene rings is 2. The number of hydrogen-bond acceptors (Lipinski definition) is 5. The first-order valence-electron chi connectivity index (χ1n) is 7.87. The molecule has 0 aliphatic heterocycles. The molecule has 4 aromatic rings. The third-order valence-electron chi connectivity index (χ3n) is 3.91. The van der Waals surface area contributed by atoms with E-state index in [4.69, 9.17) is 4.42 Å². The standard InChI is InChI=1S/C18H13FN4O3S/c1-27-17-20-9-14(23(17)12-5-2-10(19)3-6-12)16(24)21-11-4-7-15-13(8-11)22-18(25)26-15/h2-9H,1H3,(H,21,24)(H,22,25). The maximum atomic E-state index is 13.2. The Morgan fingerprint density at radius 2 is 2.04 bits per heavy atom. The molecule has 2 aromatic carbocycles. The van der Waals surface area contributed by atoms with Crippen molar-refractivity contribution in [3.05, 3.63) is 70.7 Å². The predicted molar refractivity (Wildman–Crippen MR) is 100 cm³/mol. The molecule has 7 nitrogen and oxygen atoms in total. The Balaban J connectivity index is 1.69. The van der Waals surface area contributed by atoms with E-state index in [9.17, 15) is 14.0 Å². The molecule has 0 saturated heterocycles. The van der Waals surface area contributed by atoms with Crippen molar-refractivity contribution in [2.75, 3.05) is 11.6 Å². The largest absolute Gasteiger partial charge is 0.417 e. The van der Waals surface area contributed by atoms with Gasteiger partial charge in [0.1, 0.15) is 11.5 Å². The summed E-state index contributed by atoms with van der Waals surface area (Å²) in [5, 5.41) is 3.37. The van der Waals surface area contributed by atoms with E-state index in [0.29, 0.717) is 33.3 Å². The second-order valence-electron chi connectivity index (χ2n) is 5.62. The summed E-state index contributed by atoms with van der Waals surface area (Å²) >= 11 is 1.37. The third-order valence-corrected chi connectivity index (χ3v) is 4.56. The van der Waals surface area contributed by atoms with Gasteiger partial charge in [-0.05, 0) is 48.7 Å². The van der Waals surface area contributed by atoms with Crippen molar-refractivity contribution < 1.29 is 13.6 Å². The van der Waals surface area contributed by atoms with Gasteiger partial charge in [-0.15, -0.1) is 0 Å². The molecule has 136 valence electrons. The van der Waals surface area contributed by atoms with Crippen LogP contribution >= 0.6 is 11.8 Å². The molecule has 4 rings (SSSR count).